The Labute approximate surface area is 152 Å². The summed E-state index contributed by atoms with van der Waals surface area (Å²) in [5.41, 5.74) is 0. The fraction of sp³-hybridized carbons (Fsp3) is 0.650. The molecule has 2 aliphatic carbocycles. The topological polar surface area (TPSA) is 58.6 Å². The summed E-state index contributed by atoms with van der Waals surface area (Å²) < 4.78 is 32.1. The number of halogens is 2. The van der Waals surface area contributed by atoms with Gasteiger partial charge in [0.05, 0.1) is 6.10 Å². The number of carbonyl (C=O) groups is 1. The van der Waals surface area contributed by atoms with Crippen molar-refractivity contribution in [2.75, 3.05) is 0 Å². The number of benzene rings is 1. The van der Waals surface area contributed by atoms with Crippen molar-refractivity contribution in [3.8, 4) is 5.75 Å². The van der Waals surface area contributed by atoms with Gasteiger partial charge in [0.1, 0.15) is 23.5 Å². The number of amides is 1. The monoisotopic (exact) mass is 367 g/mol. The molecule has 0 heterocycles. The van der Waals surface area contributed by atoms with Crippen molar-refractivity contribution in [3.63, 3.8) is 0 Å². The third kappa shape index (κ3) is 5.16. The predicted molar refractivity (Wildman–Crippen MR) is 93.8 cm³/mol. The van der Waals surface area contributed by atoms with E-state index in [4.69, 9.17) is 4.74 Å². The van der Waals surface area contributed by atoms with Gasteiger partial charge in [-0.2, -0.15) is 0 Å². The van der Waals surface area contributed by atoms with Crippen LogP contribution in [0.1, 0.15) is 57.8 Å². The first-order chi connectivity index (χ1) is 12.5. The van der Waals surface area contributed by atoms with Crippen LogP contribution in [0.15, 0.2) is 18.2 Å². The molecule has 0 bridgehead atoms. The fourth-order valence-electron chi connectivity index (χ4n) is 4.06. The summed E-state index contributed by atoms with van der Waals surface area (Å²) in [5, 5.41) is 13.2. The zero-order valence-electron chi connectivity index (χ0n) is 14.9. The Morgan fingerprint density at radius 3 is 2.23 bits per heavy atom. The van der Waals surface area contributed by atoms with Crippen LogP contribution in [0.3, 0.4) is 0 Å². The summed E-state index contributed by atoms with van der Waals surface area (Å²) in [6.07, 6.45) is 6.99. The van der Waals surface area contributed by atoms with Gasteiger partial charge in [-0.25, -0.2) is 8.78 Å². The first-order valence-electron chi connectivity index (χ1n) is 9.62. The molecular formula is C20H27F2NO3. The summed E-state index contributed by atoms with van der Waals surface area (Å²) >= 11 is 0. The standard InChI is InChI=1S/C20H27F2NO3/c21-14-10-15(22)12-18(11-14)26-17-8-6-16(7-9-17)23-20(25)19(24)13-4-2-1-3-5-13/h10-13,16-17,19,24H,1-9H2,(H,23,25)/t16?,17?,19-/m1/s1. The van der Waals surface area contributed by atoms with Gasteiger partial charge in [0, 0.05) is 24.2 Å². The van der Waals surface area contributed by atoms with E-state index >= 15 is 0 Å². The lowest BCUT2D eigenvalue weighted by Gasteiger charge is -2.31. The average molecular weight is 367 g/mol. The number of aliphatic hydroxyl groups excluding tert-OH is 1. The lowest BCUT2D eigenvalue weighted by Crippen LogP contribution is -2.46. The summed E-state index contributed by atoms with van der Waals surface area (Å²) in [5.74, 6) is -1.31. The molecule has 1 aromatic carbocycles. The SMILES string of the molecule is O=C(NC1CCC(Oc2cc(F)cc(F)c2)CC1)[C@H](O)C1CCCCC1. The van der Waals surface area contributed by atoms with E-state index in [2.05, 4.69) is 5.32 Å². The Morgan fingerprint density at radius 1 is 1.00 bits per heavy atom. The number of ether oxygens (including phenoxy) is 1. The Bertz CT molecular complexity index is 591. The molecule has 2 fully saturated rings. The van der Waals surface area contributed by atoms with Crippen molar-refractivity contribution in [1.82, 2.24) is 5.32 Å². The smallest absolute Gasteiger partial charge is 0.249 e. The molecule has 26 heavy (non-hydrogen) atoms. The van der Waals surface area contributed by atoms with Crippen LogP contribution in [0.5, 0.6) is 5.75 Å². The second kappa shape index (κ2) is 8.80. The van der Waals surface area contributed by atoms with E-state index in [-0.39, 0.29) is 29.7 Å². The zero-order valence-corrected chi connectivity index (χ0v) is 14.9. The van der Waals surface area contributed by atoms with Crippen molar-refractivity contribution >= 4 is 5.91 Å². The summed E-state index contributed by atoms with van der Waals surface area (Å²) in [6, 6.07) is 3.19. The number of hydrogen-bond acceptors (Lipinski definition) is 3. The van der Waals surface area contributed by atoms with Crippen molar-refractivity contribution in [2.24, 2.45) is 5.92 Å². The minimum absolute atomic E-state index is 0.0184. The molecule has 0 unspecified atom stereocenters. The molecular weight excluding hydrogens is 340 g/mol. The molecule has 1 atom stereocenters. The molecule has 0 saturated heterocycles. The largest absolute Gasteiger partial charge is 0.490 e. The molecule has 1 aromatic rings. The molecule has 4 nitrogen and oxygen atoms in total. The third-order valence-corrected chi connectivity index (χ3v) is 5.52. The molecule has 144 valence electrons. The first-order valence-corrected chi connectivity index (χ1v) is 9.62. The molecule has 0 aromatic heterocycles. The van der Waals surface area contributed by atoms with Crippen LogP contribution in [-0.2, 0) is 4.79 Å². The van der Waals surface area contributed by atoms with Crippen molar-refractivity contribution in [1.29, 1.82) is 0 Å². The van der Waals surface area contributed by atoms with E-state index in [0.29, 0.717) is 12.8 Å². The predicted octanol–water partition coefficient (Wildman–Crippen LogP) is 3.71. The summed E-state index contributed by atoms with van der Waals surface area (Å²) in [7, 11) is 0. The molecule has 3 rings (SSSR count). The quantitative estimate of drug-likeness (QED) is 0.834. The van der Waals surface area contributed by atoms with E-state index in [0.717, 1.165) is 44.6 Å². The van der Waals surface area contributed by atoms with Gasteiger partial charge in [-0.1, -0.05) is 19.3 Å². The maximum atomic E-state index is 13.2. The van der Waals surface area contributed by atoms with Gasteiger partial charge < -0.3 is 15.2 Å². The lowest BCUT2D eigenvalue weighted by atomic mass is 9.84. The first kappa shape index (κ1) is 19.1. The van der Waals surface area contributed by atoms with Crippen molar-refractivity contribution < 1.29 is 23.4 Å². The molecule has 6 heteroatoms. The maximum Gasteiger partial charge on any atom is 0.249 e. The average Bonchev–Trinajstić information content (AvgIpc) is 2.62. The van der Waals surface area contributed by atoms with E-state index in [1.807, 2.05) is 0 Å². The molecule has 0 radical (unpaired) electrons. The minimum atomic E-state index is -0.917. The number of carbonyl (C=O) groups excluding carboxylic acids is 1. The normalized spacial score (nSPS) is 25.5. The number of nitrogens with one attached hydrogen (secondary N) is 1. The van der Waals surface area contributed by atoms with Crippen LogP contribution in [0, 0.1) is 17.6 Å². The molecule has 2 saturated carbocycles. The van der Waals surface area contributed by atoms with E-state index in [1.54, 1.807) is 0 Å². The van der Waals surface area contributed by atoms with Gasteiger partial charge in [0.2, 0.25) is 5.91 Å². The van der Waals surface area contributed by atoms with Crippen molar-refractivity contribution in [3.05, 3.63) is 29.8 Å². The number of hydrogen-bond donors (Lipinski definition) is 2. The second-order valence-electron chi connectivity index (χ2n) is 7.55. The van der Waals surface area contributed by atoms with Gasteiger partial charge >= 0.3 is 0 Å². The van der Waals surface area contributed by atoms with Crippen LogP contribution >= 0.6 is 0 Å². The van der Waals surface area contributed by atoms with Gasteiger partial charge in [-0.15, -0.1) is 0 Å². The Morgan fingerprint density at radius 2 is 1.62 bits per heavy atom. The minimum Gasteiger partial charge on any atom is -0.490 e. The fourth-order valence-corrected chi connectivity index (χ4v) is 4.06. The number of aliphatic hydroxyl groups is 1. The second-order valence-corrected chi connectivity index (χ2v) is 7.55. The van der Waals surface area contributed by atoms with Crippen LogP contribution < -0.4 is 10.1 Å². The molecule has 1 amide bonds. The zero-order chi connectivity index (χ0) is 18.5. The number of rotatable bonds is 5. The molecule has 2 N–H and O–H groups in total. The van der Waals surface area contributed by atoms with Crippen LogP contribution in [0.25, 0.3) is 0 Å². The Hall–Kier alpha value is -1.69. The highest BCUT2D eigenvalue weighted by Crippen LogP contribution is 2.28. The maximum absolute atomic E-state index is 13.2. The van der Waals surface area contributed by atoms with Crippen molar-refractivity contribution in [2.45, 2.75) is 76.0 Å². The van der Waals surface area contributed by atoms with E-state index in [9.17, 15) is 18.7 Å². The van der Waals surface area contributed by atoms with Gasteiger partial charge in [-0.3, -0.25) is 4.79 Å². The third-order valence-electron chi connectivity index (χ3n) is 5.52. The lowest BCUT2D eigenvalue weighted by molar-refractivity contribution is -0.133. The van der Waals surface area contributed by atoms with Crippen LogP contribution in [-0.4, -0.2) is 29.3 Å². The van der Waals surface area contributed by atoms with Gasteiger partial charge in [0.25, 0.3) is 0 Å². The highest BCUT2D eigenvalue weighted by atomic mass is 19.1. The molecule has 0 aliphatic heterocycles. The van der Waals surface area contributed by atoms with Gasteiger partial charge in [-0.05, 0) is 44.4 Å². The van der Waals surface area contributed by atoms with Crippen LogP contribution in [0.2, 0.25) is 0 Å². The summed E-state index contributed by atoms with van der Waals surface area (Å²) in [6.45, 7) is 0. The highest BCUT2D eigenvalue weighted by molar-refractivity contribution is 5.81. The Balaban J connectivity index is 1.43. The summed E-state index contributed by atoms with van der Waals surface area (Å²) in [4.78, 5) is 12.3. The highest BCUT2D eigenvalue weighted by Gasteiger charge is 2.30. The molecule has 2 aliphatic rings. The Kier molecular flexibility index (Phi) is 6.46. The van der Waals surface area contributed by atoms with Gasteiger partial charge in [0.15, 0.2) is 0 Å². The van der Waals surface area contributed by atoms with E-state index < -0.39 is 17.7 Å². The van der Waals surface area contributed by atoms with Crippen LogP contribution in [0.4, 0.5) is 8.78 Å². The molecule has 0 spiro atoms. The van der Waals surface area contributed by atoms with E-state index in [1.165, 1.54) is 18.6 Å².